The molecule has 1 heterocycles. The number of hydrogen-bond acceptors (Lipinski definition) is 6. The molecule has 11 heteroatoms. The molecule has 0 fully saturated rings. The zero-order valence-corrected chi connectivity index (χ0v) is 19.7. The Labute approximate surface area is 198 Å². The SMILES string of the molecule is CC(Cc1c(C(=O)O)ccc(Cl)c1-n1c(=O)n(C)c(=S)n(C)c1=O)=NOCc1ccccc1. The second-order valence-corrected chi connectivity index (χ2v) is 8.06. The van der Waals surface area contributed by atoms with Crippen molar-refractivity contribution in [3.05, 3.63) is 89.9 Å². The van der Waals surface area contributed by atoms with Gasteiger partial charge in [0.1, 0.15) is 6.61 Å². The predicted molar refractivity (Wildman–Crippen MR) is 127 cm³/mol. The summed E-state index contributed by atoms with van der Waals surface area (Å²) in [6.07, 6.45) is -0.0265. The van der Waals surface area contributed by atoms with Crippen LogP contribution < -0.4 is 11.4 Å². The summed E-state index contributed by atoms with van der Waals surface area (Å²) >= 11 is 11.5. The standard InChI is InChI=1S/C22H21ClN4O5S/c1-13(24-32-12-14-7-5-4-6-8-14)11-16-15(19(28)29)9-10-17(23)18(16)27-20(30)25(2)22(33)26(3)21(27)31/h4-10H,11-12H2,1-3H3,(H,28,29). The molecule has 1 aromatic heterocycles. The molecule has 33 heavy (non-hydrogen) atoms. The fraction of sp³-hybridized carbons (Fsp3) is 0.227. The summed E-state index contributed by atoms with van der Waals surface area (Å²) in [6, 6.07) is 12.0. The van der Waals surface area contributed by atoms with Crippen molar-refractivity contribution in [3.8, 4) is 5.69 Å². The highest BCUT2D eigenvalue weighted by molar-refractivity contribution is 7.71. The molecule has 0 aliphatic carbocycles. The molecule has 0 aliphatic rings. The van der Waals surface area contributed by atoms with Crippen LogP contribution in [0.1, 0.15) is 28.4 Å². The van der Waals surface area contributed by atoms with E-state index in [4.69, 9.17) is 28.7 Å². The molecule has 3 aromatic rings. The molecule has 0 saturated heterocycles. The molecule has 0 atom stereocenters. The van der Waals surface area contributed by atoms with Crippen molar-refractivity contribution in [2.24, 2.45) is 19.3 Å². The van der Waals surface area contributed by atoms with E-state index in [1.54, 1.807) is 6.92 Å². The van der Waals surface area contributed by atoms with Crippen LogP contribution in [-0.2, 0) is 32.0 Å². The van der Waals surface area contributed by atoms with Gasteiger partial charge in [0.25, 0.3) is 0 Å². The number of nitrogens with zero attached hydrogens (tertiary/aromatic N) is 4. The van der Waals surface area contributed by atoms with E-state index in [1.807, 2.05) is 30.3 Å². The van der Waals surface area contributed by atoms with E-state index in [0.717, 1.165) is 19.3 Å². The van der Waals surface area contributed by atoms with Crippen LogP contribution in [0.25, 0.3) is 5.69 Å². The van der Waals surface area contributed by atoms with Gasteiger partial charge in [-0.25, -0.2) is 19.0 Å². The number of aromatic carboxylic acids is 1. The number of benzene rings is 2. The average Bonchev–Trinajstić information content (AvgIpc) is 2.78. The van der Waals surface area contributed by atoms with Crippen molar-refractivity contribution < 1.29 is 14.7 Å². The summed E-state index contributed by atoms with van der Waals surface area (Å²) in [4.78, 5) is 43.2. The monoisotopic (exact) mass is 488 g/mol. The van der Waals surface area contributed by atoms with Gasteiger partial charge in [-0.3, -0.25) is 9.13 Å². The first-order valence-corrected chi connectivity index (χ1v) is 10.6. The van der Waals surface area contributed by atoms with Crippen LogP contribution in [0.4, 0.5) is 0 Å². The third-order valence-corrected chi connectivity index (χ3v) is 5.80. The highest BCUT2D eigenvalue weighted by Gasteiger charge is 2.23. The van der Waals surface area contributed by atoms with Crippen LogP contribution >= 0.6 is 23.8 Å². The lowest BCUT2D eigenvalue weighted by atomic mass is 9.99. The minimum atomic E-state index is -1.24. The maximum absolute atomic E-state index is 12.9. The lowest BCUT2D eigenvalue weighted by Crippen LogP contribution is -2.44. The van der Waals surface area contributed by atoms with E-state index in [2.05, 4.69) is 5.16 Å². The van der Waals surface area contributed by atoms with E-state index >= 15 is 0 Å². The molecular formula is C22H21ClN4O5S. The highest BCUT2D eigenvalue weighted by atomic mass is 35.5. The van der Waals surface area contributed by atoms with Gasteiger partial charge in [0.2, 0.25) is 0 Å². The number of hydrogen-bond donors (Lipinski definition) is 1. The quantitative estimate of drug-likeness (QED) is 0.311. The van der Waals surface area contributed by atoms with E-state index in [9.17, 15) is 19.5 Å². The number of aromatic nitrogens is 3. The van der Waals surface area contributed by atoms with Gasteiger partial charge in [0.15, 0.2) is 4.77 Å². The van der Waals surface area contributed by atoms with Gasteiger partial charge in [0, 0.05) is 20.5 Å². The summed E-state index contributed by atoms with van der Waals surface area (Å²) in [5.41, 5.74) is -0.166. The Kier molecular flexibility index (Phi) is 7.29. The molecule has 0 saturated carbocycles. The molecule has 0 radical (unpaired) electrons. The Bertz CT molecular complexity index is 1380. The molecule has 1 N–H and O–H groups in total. The molecule has 2 aromatic carbocycles. The largest absolute Gasteiger partial charge is 0.478 e. The zero-order valence-electron chi connectivity index (χ0n) is 18.1. The van der Waals surface area contributed by atoms with Crippen molar-refractivity contribution in [3.63, 3.8) is 0 Å². The number of carboxylic acids is 1. The van der Waals surface area contributed by atoms with Crippen molar-refractivity contribution >= 4 is 35.5 Å². The molecular weight excluding hydrogens is 468 g/mol. The minimum absolute atomic E-state index is 0.0142. The normalized spacial score (nSPS) is 11.5. The first-order chi connectivity index (χ1) is 15.6. The maximum atomic E-state index is 12.9. The Hall–Kier alpha value is -3.50. The van der Waals surface area contributed by atoms with E-state index < -0.39 is 17.3 Å². The van der Waals surface area contributed by atoms with Crippen LogP contribution in [0.2, 0.25) is 5.02 Å². The van der Waals surface area contributed by atoms with Crippen LogP contribution in [-0.4, -0.2) is 30.5 Å². The zero-order chi connectivity index (χ0) is 24.3. The van der Waals surface area contributed by atoms with Crippen LogP contribution in [0.3, 0.4) is 0 Å². The Morgan fingerprint density at radius 3 is 2.27 bits per heavy atom. The minimum Gasteiger partial charge on any atom is -0.478 e. The van der Waals surface area contributed by atoms with Gasteiger partial charge in [-0.1, -0.05) is 47.1 Å². The van der Waals surface area contributed by atoms with Gasteiger partial charge >= 0.3 is 17.3 Å². The lowest BCUT2D eigenvalue weighted by molar-refractivity contribution is 0.0696. The molecule has 3 rings (SSSR count). The molecule has 0 amide bonds. The second kappa shape index (κ2) is 9.97. The molecule has 9 nitrogen and oxygen atoms in total. The second-order valence-electron chi connectivity index (χ2n) is 7.29. The summed E-state index contributed by atoms with van der Waals surface area (Å²) in [6.45, 7) is 1.87. The fourth-order valence-electron chi connectivity index (χ4n) is 3.27. The summed E-state index contributed by atoms with van der Waals surface area (Å²) in [7, 11) is 2.83. The third kappa shape index (κ3) is 4.96. The Balaban J connectivity index is 2.13. The van der Waals surface area contributed by atoms with Gasteiger partial charge in [-0.2, -0.15) is 0 Å². The average molecular weight is 489 g/mol. The molecule has 0 unspecified atom stereocenters. The lowest BCUT2D eigenvalue weighted by Gasteiger charge is -2.17. The third-order valence-electron chi connectivity index (χ3n) is 4.94. The van der Waals surface area contributed by atoms with Crippen LogP contribution in [0, 0.1) is 4.77 Å². The van der Waals surface area contributed by atoms with Crippen molar-refractivity contribution in [2.75, 3.05) is 0 Å². The number of carbonyl (C=O) groups is 1. The number of halogens is 1. The smallest absolute Gasteiger partial charge is 0.338 e. The van der Waals surface area contributed by atoms with Gasteiger partial charge < -0.3 is 9.94 Å². The Morgan fingerprint density at radius 1 is 1.09 bits per heavy atom. The summed E-state index contributed by atoms with van der Waals surface area (Å²) in [5.74, 6) is -1.24. The highest BCUT2D eigenvalue weighted by Crippen LogP contribution is 2.27. The first kappa shape index (κ1) is 24.1. The number of oxime groups is 1. The molecule has 0 bridgehead atoms. The van der Waals surface area contributed by atoms with Crippen LogP contribution in [0.15, 0.2) is 57.2 Å². The summed E-state index contributed by atoms with van der Waals surface area (Å²) in [5, 5.41) is 13.8. The van der Waals surface area contributed by atoms with Crippen LogP contribution in [0.5, 0.6) is 0 Å². The Morgan fingerprint density at radius 2 is 1.70 bits per heavy atom. The van der Waals surface area contributed by atoms with Gasteiger partial charge in [-0.15, -0.1) is 0 Å². The van der Waals surface area contributed by atoms with Crippen molar-refractivity contribution in [1.29, 1.82) is 0 Å². The van der Waals surface area contributed by atoms with E-state index in [-0.39, 0.29) is 39.6 Å². The molecule has 172 valence electrons. The summed E-state index contributed by atoms with van der Waals surface area (Å²) < 4.78 is 3.04. The topological polar surface area (TPSA) is 108 Å². The molecule has 0 aliphatic heterocycles. The van der Waals surface area contributed by atoms with Crippen molar-refractivity contribution in [2.45, 2.75) is 20.0 Å². The van der Waals surface area contributed by atoms with E-state index in [0.29, 0.717) is 5.71 Å². The first-order valence-electron chi connectivity index (χ1n) is 9.77. The van der Waals surface area contributed by atoms with Gasteiger partial charge in [0.05, 0.1) is 22.0 Å². The van der Waals surface area contributed by atoms with E-state index in [1.165, 1.54) is 26.2 Å². The number of carboxylic acid groups (broad SMARTS) is 1. The number of rotatable bonds is 7. The predicted octanol–water partition coefficient (Wildman–Crippen LogP) is 3.09. The molecule has 0 spiro atoms. The van der Waals surface area contributed by atoms with Crippen molar-refractivity contribution in [1.82, 2.24) is 13.7 Å². The fourth-order valence-corrected chi connectivity index (χ4v) is 3.69. The maximum Gasteiger partial charge on any atom is 0.338 e. The van der Waals surface area contributed by atoms with Gasteiger partial charge in [-0.05, 0) is 42.4 Å².